The number of alkyl halides is 1. The summed E-state index contributed by atoms with van der Waals surface area (Å²) in [5.41, 5.74) is 5.62. The fourth-order valence-electron chi connectivity index (χ4n) is 5.55. The number of carbonyl (C=O) groups excluding carboxylic acids is 2. The van der Waals surface area contributed by atoms with E-state index >= 15 is 0 Å². The van der Waals surface area contributed by atoms with Crippen molar-refractivity contribution in [1.29, 1.82) is 0 Å². The van der Waals surface area contributed by atoms with E-state index in [1.807, 2.05) is 39.0 Å². The molecule has 204 valence electrons. The Morgan fingerprint density at radius 3 is 2.45 bits per heavy atom. The van der Waals surface area contributed by atoms with Gasteiger partial charge in [-0.3, -0.25) is 9.59 Å². The first-order valence-electron chi connectivity index (χ1n) is 13.2. The van der Waals surface area contributed by atoms with Crippen LogP contribution in [0.4, 0.5) is 8.78 Å². The number of aryl methyl sites for hydroxylation is 2. The van der Waals surface area contributed by atoms with Crippen LogP contribution in [0.3, 0.4) is 0 Å². The van der Waals surface area contributed by atoms with E-state index in [1.54, 1.807) is 24.3 Å². The normalized spacial score (nSPS) is 13.7. The minimum atomic E-state index is -1.00. The molecular formula is C31H28F2N4O3. The number of hydrogen-bond acceptors (Lipinski definition) is 4. The first-order chi connectivity index (χ1) is 19.2. The van der Waals surface area contributed by atoms with Gasteiger partial charge in [-0.2, -0.15) is 0 Å². The van der Waals surface area contributed by atoms with Crippen molar-refractivity contribution in [2.45, 2.75) is 33.5 Å². The second kappa shape index (κ2) is 9.89. The first kappa shape index (κ1) is 25.7. The predicted octanol–water partition coefficient (Wildman–Crippen LogP) is 5.80. The highest BCUT2D eigenvalue weighted by molar-refractivity contribution is 6.20. The van der Waals surface area contributed by atoms with Crippen molar-refractivity contribution in [2.75, 3.05) is 19.6 Å². The summed E-state index contributed by atoms with van der Waals surface area (Å²) in [6.45, 7) is 6.53. The van der Waals surface area contributed by atoms with Crippen LogP contribution in [-0.2, 0) is 6.54 Å². The van der Waals surface area contributed by atoms with Crippen LogP contribution in [-0.4, -0.2) is 52.2 Å². The Balaban J connectivity index is 1.64. The molecule has 40 heavy (non-hydrogen) atoms. The second-order valence-electron chi connectivity index (χ2n) is 10.2. The van der Waals surface area contributed by atoms with Gasteiger partial charge >= 0.3 is 0 Å². The molecule has 2 aromatic heterocycles. The van der Waals surface area contributed by atoms with Crippen LogP contribution in [0, 0.1) is 19.7 Å². The van der Waals surface area contributed by atoms with Gasteiger partial charge in [0.15, 0.2) is 0 Å². The van der Waals surface area contributed by atoms with Crippen LogP contribution in [0.5, 0.6) is 0 Å². The number of fused-ring (bicyclic) bond motifs is 3. The highest BCUT2D eigenvalue weighted by Gasteiger charge is 2.31. The molecule has 3 aromatic carbocycles. The third-order valence-corrected chi connectivity index (χ3v) is 7.49. The molecule has 1 aliphatic heterocycles. The quantitative estimate of drug-likeness (QED) is 0.294. The topological polar surface area (TPSA) is 80.4 Å². The van der Waals surface area contributed by atoms with E-state index in [1.165, 1.54) is 17.0 Å². The lowest BCUT2D eigenvalue weighted by atomic mass is 9.96. The molecule has 1 aliphatic rings. The number of benzene rings is 3. The second-order valence-corrected chi connectivity index (χ2v) is 10.2. The minimum absolute atomic E-state index is 0.0775. The van der Waals surface area contributed by atoms with Crippen molar-refractivity contribution in [1.82, 2.24) is 19.9 Å². The maximum absolute atomic E-state index is 13.7. The lowest BCUT2D eigenvalue weighted by Gasteiger charge is -2.34. The van der Waals surface area contributed by atoms with Gasteiger partial charge in [0.25, 0.3) is 11.8 Å². The Morgan fingerprint density at radius 1 is 1.05 bits per heavy atom. The fourth-order valence-corrected chi connectivity index (χ4v) is 5.55. The van der Waals surface area contributed by atoms with E-state index < -0.39 is 6.17 Å². The lowest BCUT2D eigenvalue weighted by molar-refractivity contribution is 0.0400. The average Bonchev–Trinajstić information content (AvgIpc) is 3.42. The number of nitrogens with one attached hydrogen (secondary N) is 1. The minimum Gasteiger partial charge on any atom is -0.361 e. The third-order valence-electron chi connectivity index (χ3n) is 7.49. The van der Waals surface area contributed by atoms with Crippen molar-refractivity contribution >= 4 is 33.6 Å². The van der Waals surface area contributed by atoms with Gasteiger partial charge in [-0.25, -0.2) is 8.78 Å². The molecule has 3 heterocycles. The number of amides is 2. The molecule has 0 radical (unpaired) electrons. The Morgan fingerprint density at radius 2 is 1.80 bits per heavy atom. The summed E-state index contributed by atoms with van der Waals surface area (Å²) in [5, 5.41) is 8.45. The van der Waals surface area contributed by atoms with E-state index in [0.29, 0.717) is 41.1 Å². The molecule has 0 aliphatic carbocycles. The lowest BCUT2D eigenvalue weighted by Crippen LogP contribution is -2.51. The van der Waals surface area contributed by atoms with E-state index in [-0.39, 0.29) is 30.7 Å². The maximum Gasteiger partial charge on any atom is 0.254 e. The van der Waals surface area contributed by atoms with Crippen molar-refractivity contribution in [2.24, 2.45) is 0 Å². The van der Waals surface area contributed by atoms with Crippen molar-refractivity contribution in [3.63, 3.8) is 0 Å². The zero-order valence-corrected chi connectivity index (χ0v) is 22.4. The Bertz CT molecular complexity index is 1760. The highest BCUT2D eigenvalue weighted by atomic mass is 19.1. The molecule has 7 nitrogen and oxygen atoms in total. The molecule has 0 bridgehead atoms. The highest BCUT2D eigenvalue weighted by Crippen LogP contribution is 2.38. The van der Waals surface area contributed by atoms with Crippen LogP contribution in [0.1, 0.15) is 44.7 Å². The molecule has 1 N–H and O–H groups in total. The molecule has 0 saturated carbocycles. The zero-order valence-electron chi connectivity index (χ0n) is 22.4. The standard InChI is InChI=1S/C31H28F2N4O3/c1-4-34-30(38)25-12-21(28-17(2)35-40-18(28)3)13-27-29(25)24-11-20(31(39)36-15-23(33)16-36)7-10-26(24)37(27)14-19-5-8-22(32)9-6-19/h5-13,23H,4,14-16H2,1-3H3,(H,34,38). The smallest absolute Gasteiger partial charge is 0.254 e. The third kappa shape index (κ3) is 4.31. The Labute approximate surface area is 229 Å². The number of halogens is 2. The van der Waals surface area contributed by atoms with E-state index in [9.17, 15) is 18.4 Å². The Kier molecular flexibility index (Phi) is 6.37. The van der Waals surface area contributed by atoms with Crippen LogP contribution in [0.25, 0.3) is 32.9 Å². The molecule has 0 atom stereocenters. The number of rotatable bonds is 6. The molecule has 2 amide bonds. The zero-order chi connectivity index (χ0) is 28.1. The molecule has 1 fully saturated rings. The van der Waals surface area contributed by atoms with Crippen molar-refractivity contribution in [3.8, 4) is 11.1 Å². The summed E-state index contributed by atoms with van der Waals surface area (Å²) >= 11 is 0. The molecule has 0 spiro atoms. The fraction of sp³-hybridized carbons (Fsp3) is 0.258. The number of aromatic nitrogens is 2. The maximum atomic E-state index is 13.7. The summed E-state index contributed by atoms with van der Waals surface area (Å²) in [4.78, 5) is 28.1. The van der Waals surface area contributed by atoms with Gasteiger partial charge in [0, 0.05) is 46.1 Å². The van der Waals surface area contributed by atoms with Gasteiger partial charge in [-0.05, 0) is 74.4 Å². The van der Waals surface area contributed by atoms with E-state index in [0.717, 1.165) is 33.1 Å². The number of carbonyl (C=O) groups is 2. The predicted molar refractivity (Wildman–Crippen MR) is 149 cm³/mol. The van der Waals surface area contributed by atoms with Gasteiger partial charge < -0.3 is 19.3 Å². The van der Waals surface area contributed by atoms with Crippen molar-refractivity contribution < 1.29 is 22.9 Å². The summed E-state index contributed by atoms with van der Waals surface area (Å²) in [6, 6.07) is 15.5. The molecule has 9 heteroatoms. The first-order valence-corrected chi connectivity index (χ1v) is 13.2. The van der Waals surface area contributed by atoms with Crippen LogP contribution in [0.2, 0.25) is 0 Å². The van der Waals surface area contributed by atoms with Gasteiger partial charge in [0.2, 0.25) is 0 Å². The number of likely N-dealkylation sites (tertiary alicyclic amines) is 1. The monoisotopic (exact) mass is 542 g/mol. The molecule has 1 saturated heterocycles. The van der Waals surface area contributed by atoms with Crippen molar-refractivity contribution in [3.05, 3.63) is 88.6 Å². The molecule has 0 unspecified atom stereocenters. The summed E-state index contributed by atoms with van der Waals surface area (Å²) in [7, 11) is 0. The van der Waals surface area contributed by atoms with E-state index in [2.05, 4.69) is 15.0 Å². The van der Waals surface area contributed by atoms with Crippen LogP contribution in [0.15, 0.2) is 59.1 Å². The number of nitrogens with zero attached hydrogens (tertiary/aromatic N) is 3. The summed E-state index contributed by atoms with van der Waals surface area (Å²) < 4.78 is 34.7. The summed E-state index contributed by atoms with van der Waals surface area (Å²) in [5.74, 6) is -0.188. The number of hydrogen-bond donors (Lipinski definition) is 1. The average molecular weight is 543 g/mol. The molecule has 6 rings (SSSR count). The molecule has 5 aromatic rings. The van der Waals surface area contributed by atoms with Gasteiger partial charge in [0.05, 0.1) is 24.3 Å². The van der Waals surface area contributed by atoms with Gasteiger partial charge in [-0.1, -0.05) is 17.3 Å². The van der Waals surface area contributed by atoms with E-state index in [4.69, 9.17) is 4.52 Å². The Hall–Kier alpha value is -4.53. The van der Waals surface area contributed by atoms with Gasteiger partial charge in [-0.15, -0.1) is 0 Å². The largest absolute Gasteiger partial charge is 0.361 e. The SMILES string of the molecule is CCNC(=O)c1cc(-c2c(C)noc2C)cc2c1c1cc(C(=O)N3CC(F)C3)ccc1n2Cc1ccc(F)cc1. The van der Waals surface area contributed by atoms with Crippen LogP contribution < -0.4 is 5.32 Å². The molecular weight excluding hydrogens is 514 g/mol. The summed E-state index contributed by atoms with van der Waals surface area (Å²) in [6.07, 6.45) is -1.00. The van der Waals surface area contributed by atoms with Gasteiger partial charge in [0.1, 0.15) is 17.7 Å². The van der Waals surface area contributed by atoms with Crippen LogP contribution >= 0.6 is 0 Å².